The van der Waals surface area contributed by atoms with Gasteiger partial charge in [-0.15, -0.1) is 0 Å². The maximum Gasteiger partial charge on any atom is 0.236 e. The van der Waals surface area contributed by atoms with Gasteiger partial charge in [-0.2, -0.15) is 0 Å². The van der Waals surface area contributed by atoms with Gasteiger partial charge in [0.25, 0.3) is 0 Å². The second-order valence-electron chi connectivity index (χ2n) is 5.38. The Morgan fingerprint density at radius 1 is 1.32 bits per heavy atom. The molecule has 0 saturated heterocycles. The fourth-order valence-corrected chi connectivity index (χ4v) is 3.98. The van der Waals surface area contributed by atoms with Gasteiger partial charge < -0.3 is 5.32 Å². The Morgan fingerprint density at radius 3 is 2.55 bits per heavy atom. The number of halogens is 1. The van der Waals surface area contributed by atoms with Crippen molar-refractivity contribution in [3.8, 4) is 0 Å². The highest BCUT2D eigenvalue weighted by atomic mass is 32.2. The number of carbonyl (C=O) groups is 1. The molecule has 1 aromatic carbocycles. The number of hydrogen-bond acceptors (Lipinski definition) is 3. The van der Waals surface area contributed by atoms with Crippen LogP contribution in [0.15, 0.2) is 24.3 Å². The van der Waals surface area contributed by atoms with Crippen LogP contribution in [0.5, 0.6) is 0 Å². The van der Waals surface area contributed by atoms with Crippen LogP contribution in [0.3, 0.4) is 0 Å². The number of amides is 1. The van der Waals surface area contributed by atoms with Crippen LogP contribution in [0.2, 0.25) is 0 Å². The van der Waals surface area contributed by atoms with Crippen molar-refractivity contribution in [3.63, 3.8) is 0 Å². The SMILES string of the molecule is CCN(CC)S(=O)(=O)CC(=O)N[C@H]1C[C@H]1c1ccccc1F. The first-order valence-electron chi connectivity index (χ1n) is 7.40. The molecule has 1 saturated carbocycles. The molecule has 0 spiro atoms. The second kappa shape index (κ2) is 6.75. The van der Waals surface area contributed by atoms with Gasteiger partial charge >= 0.3 is 0 Å². The largest absolute Gasteiger partial charge is 0.352 e. The van der Waals surface area contributed by atoms with Crippen LogP contribution in [0.25, 0.3) is 0 Å². The van der Waals surface area contributed by atoms with Gasteiger partial charge in [-0.1, -0.05) is 32.0 Å². The zero-order chi connectivity index (χ0) is 16.3. The van der Waals surface area contributed by atoms with E-state index < -0.39 is 21.7 Å². The van der Waals surface area contributed by atoms with Crippen molar-refractivity contribution < 1.29 is 17.6 Å². The molecule has 1 aliphatic carbocycles. The van der Waals surface area contributed by atoms with Crippen LogP contribution in [-0.4, -0.2) is 43.5 Å². The van der Waals surface area contributed by atoms with Crippen molar-refractivity contribution in [2.24, 2.45) is 0 Å². The van der Waals surface area contributed by atoms with E-state index in [4.69, 9.17) is 0 Å². The maximum absolute atomic E-state index is 13.6. The van der Waals surface area contributed by atoms with Crippen LogP contribution in [0, 0.1) is 5.82 Å². The average Bonchev–Trinajstić information content (AvgIpc) is 3.18. The van der Waals surface area contributed by atoms with Gasteiger partial charge in [-0.3, -0.25) is 4.79 Å². The molecule has 0 unspecified atom stereocenters. The van der Waals surface area contributed by atoms with E-state index >= 15 is 0 Å². The average molecular weight is 328 g/mol. The number of carbonyl (C=O) groups excluding carboxylic acids is 1. The summed E-state index contributed by atoms with van der Waals surface area (Å²) >= 11 is 0. The minimum Gasteiger partial charge on any atom is -0.352 e. The molecule has 1 aromatic rings. The summed E-state index contributed by atoms with van der Waals surface area (Å²) in [6, 6.07) is 6.26. The highest BCUT2D eigenvalue weighted by Gasteiger charge is 2.41. The Kier molecular flexibility index (Phi) is 5.18. The number of hydrogen-bond donors (Lipinski definition) is 1. The predicted molar refractivity (Wildman–Crippen MR) is 82.4 cm³/mol. The molecule has 2 rings (SSSR count). The Morgan fingerprint density at radius 2 is 1.95 bits per heavy atom. The van der Waals surface area contributed by atoms with E-state index in [2.05, 4.69) is 5.32 Å². The van der Waals surface area contributed by atoms with E-state index in [0.717, 1.165) is 0 Å². The number of nitrogens with zero attached hydrogens (tertiary/aromatic N) is 1. The molecule has 1 aliphatic rings. The van der Waals surface area contributed by atoms with Crippen molar-refractivity contribution in [2.75, 3.05) is 18.8 Å². The smallest absolute Gasteiger partial charge is 0.236 e. The molecule has 0 aliphatic heterocycles. The lowest BCUT2D eigenvalue weighted by molar-refractivity contribution is -0.118. The van der Waals surface area contributed by atoms with Crippen LogP contribution >= 0.6 is 0 Å². The van der Waals surface area contributed by atoms with Crippen LogP contribution in [-0.2, 0) is 14.8 Å². The van der Waals surface area contributed by atoms with Gasteiger partial charge in [0.2, 0.25) is 15.9 Å². The third kappa shape index (κ3) is 3.84. The summed E-state index contributed by atoms with van der Waals surface area (Å²) in [6.07, 6.45) is 0.637. The zero-order valence-electron chi connectivity index (χ0n) is 12.8. The van der Waals surface area contributed by atoms with E-state index in [9.17, 15) is 17.6 Å². The lowest BCUT2D eigenvalue weighted by Crippen LogP contribution is -2.40. The Bertz CT molecular complexity index is 644. The number of nitrogens with one attached hydrogen (secondary N) is 1. The quantitative estimate of drug-likeness (QED) is 0.824. The summed E-state index contributed by atoms with van der Waals surface area (Å²) in [6.45, 7) is 4.14. The molecule has 122 valence electrons. The molecular weight excluding hydrogens is 307 g/mol. The minimum absolute atomic E-state index is 0.0682. The van der Waals surface area contributed by atoms with Gasteiger partial charge in [0.05, 0.1) is 0 Å². The molecule has 2 atom stereocenters. The van der Waals surface area contributed by atoms with Crippen LogP contribution in [0.1, 0.15) is 31.7 Å². The lowest BCUT2D eigenvalue weighted by Gasteiger charge is -2.17. The molecule has 7 heteroatoms. The normalized spacial score (nSPS) is 20.9. The van der Waals surface area contributed by atoms with Crippen molar-refractivity contribution in [1.82, 2.24) is 9.62 Å². The van der Waals surface area contributed by atoms with Crippen molar-refractivity contribution in [1.29, 1.82) is 0 Å². The first kappa shape index (κ1) is 16.9. The monoisotopic (exact) mass is 328 g/mol. The summed E-state index contributed by atoms with van der Waals surface area (Å²) < 4.78 is 38.9. The topological polar surface area (TPSA) is 66.5 Å². The highest BCUT2D eigenvalue weighted by Crippen LogP contribution is 2.41. The molecule has 1 fully saturated rings. The summed E-state index contributed by atoms with van der Waals surface area (Å²) in [5.74, 6) is -1.45. The van der Waals surface area contributed by atoms with Crippen molar-refractivity contribution in [2.45, 2.75) is 32.2 Å². The van der Waals surface area contributed by atoms with E-state index in [1.807, 2.05) is 0 Å². The standard InChI is InChI=1S/C15H21FN2O3S/c1-3-18(4-2)22(20,21)10-15(19)17-14-9-12(14)11-7-5-6-8-13(11)16/h5-8,12,14H,3-4,9-10H2,1-2H3,(H,17,19)/t12-,14-/m0/s1. The summed E-state index contributed by atoms with van der Waals surface area (Å²) in [5.41, 5.74) is 0.569. The number of rotatable bonds is 7. The molecule has 1 amide bonds. The first-order valence-corrected chi connectivity index (χ1v) is 9.01. The maximum atomic E-state index is 13.6. The summed E-state index contributed by atoms with van der Waals surface area (Å²) in [7, 11) is -3.58. The van der Waals surface area contributed by atoms with E-state index in [1.165, 1.54) is 10.4 Å². The third-order valence-corrected chi connectivity index (χ3v) is 5.78. The van der Waals surface area contributed by atoms with Crippen LogP contribution in [0.4, 0.5) is 4.39 Å². The van der Waals surface area contributed by atoms with Gasteiger partial charge in [0.1, 0.15) is 11.6 Å². The van der Waals surface area contributed by atoms with E-state index in [-0.39, 0.29) is 17.8 Å². The predicted octanol–water partition coefficient (Wildman–Crippen LogP) is 1.47. The molecule has 1 N–H and O–H groups in total. The fourth-order valence-electron chi connectivity index (χ4n) is 2.60. The van der Waals surface area contributed by atoms with Gasteiger partial charge in [-0.05, 0) is 18.1 Å². The number of sulfonamides is 1. The third-order valence-electron chi connectivity index (χ3n) is 3.85. The molecule has 0 aromatic heterocycles. The van der Waals surface area contributed by atoms with Gasteiger partial charge in [0.15, 0.2) is 0 Å². The Labute approximate surface area is 130 Å². The summed E-state index contributed by atoms with van der Waals surface area (Å²) in [4.78, 5) is 11.9. The Balaban J connectivity index is 1.91. The van der Waals surface area contributed by atoms with E-state index in [1.54, 1.807) is 32.0 Å². The zero-order valence-corrected chi connectivity index (χ0v) is 13.6. The lowest BCUT2D eigenvalue weighted by atomic mass is 10.1. The van der Waals surface area contributed by atoms with Gasteiger partial charge in [0, 0.05) is 25.0 Å². The molecular formula is C15H21FN2O3S. The molecule has 5 nitrogen and oxygen atoms in total. The molecule has 0 bridgehead atoms. The first-order chi connectivity index (χ1) is 10.4. The van der Waals surface area contributed by atoms with Crippen LogP contribution < -0.4 is 5.32 Å². The molecule has 22 heavy (non-hydrogen) atoms. The summed E-state index contributed by atoms with van der Waals surface area (Å²) in [5, 5.41) is 2.68. The highest BCUT2D eigenvalue weighted by molar-refractivity contribution is 7.89. The second-order valence-corrected chi connectivity index (χ2v) is 7.35. The van der Waals surface area contributed by atoms with Gasteiger partial charge in [-0.25, -0.2) is 17.1 Å². The number of benzene rings is 1. The Hall–Kier alpha value is -1.47. The molecule has 0 radical (unpaired) electrons. The minimum atomic E-state index is -3.58. The molecule has 0 heterocycles. The van der Waals surface area contributed by atoms with Crippen molar-refractivity contribution >= 4 is 15.9 Å². The van der Waals surface area contributed by atoms with E-state index in [0.29, 0.717) is 25.1 Å². The van der Waals surface area contributed by atoms with Crippen molar-refractivity contribution in [3.05, 3.63) is 35.6 Å². The fraction of sp³-hybridized carbons (Fsp3) is 0.533.